The second kappa shape index (κ2) is 5.29. The molecule has 0 fully saturated rings. The van der Waals surface area contributed by atoms with Crippen LogP contribution in [-0.4, -0.2) is 10.1 Å². The molecule has 1 unspecified atom stereocenters. The molecule has 0 spiro atoms. The number of ether oxygens (including phenoxy) is 1. The summed E-state index contributed by atoms with van der Waals surface area (Å²) in [6.07, 6.45) is 1.04. The van der Waals surface area contributed by atoms with E-state index in [0.717, 1.165) is 10.2 Å². The van der Waals surface area contributed by atoms with E-state index in [1.807, 2.05) is 24.3 Å². The molecule has 1 N–H and O–H groups in total. The van der Waals surface area contributed by atoms with Crippen LogP contribution in [0.3, 0.4) is 0 Å². The second-order valence-electron chi connectivity index (χ2n) is 3.65. The largest absolute Gasteiger partial charge is 0.456 e. The molecule has 0 radical (unpaired) electrons. The Bertz CT molecular complexity index is 480. The third-order valence-electron chi connectivity index (χ3n) is 2.24. The third-order valence-corrected chi connectivity index (χ3v) is 2.77. The van der Waals surface area contributed by atoms with Crippen LogP contribution in [0.1, 0.15) is 18.7 Å². The van der Waals surface area contributed by atoms with Crippen LogP contribution in [0.4, 0.5) is 0 Å². The minimum absolute atomic E-state index is 0.559. The highest BCUT2D eigenvalue weighted by Gasteiger charge is 2.03. The molecule has 0 aliphatic rings. The van der Waals surface area contributed by atoms with Gasteiger partial charge in [0.2, 0.25) is 0 Å². The molecule has 0 bridgehead atoms. The molecule has 0 aliphatic carbocycles. The highest BCUT2D eigenvalue weighted by molar-refractivity contribution is 9.10. The molecule has 88 valence electrons. The van der Waals surface area contributed by atoms with E-state index < -0.39 is 6.10 Å². The Labute approximate surface area is 108 Å². The first kappa shape index (κ1) is 12.1. The van der Waals surface area contributed by atoms with Gasteiger partial charge in [0.05, 0.1) is 18.0 Å². The Morgan fingerprint density at radius 2 is 1.76 bits per heavy atom. The maximum absolute atomic E-state index is 9.33. The molecular weight excluding hydrogens is 282 g/mol. The first-order valence-corrected chi connectivity index (χ1v) is 6.02. The molecule has 1 heterocycles. The van der Waals surface area contributed by atoms with Crippen molar-refractivity contribution in [1.82, 2.24) is 4.98 Å². The summed E-state index contributed by atoms with van der Waals surface area (Å²) in [4.78, 5) is 4.11. The Morgan fingerprint density at radius 3 is 2.29 bits per heavy atom. The zero-order valence-electron chi connectivity index (χ0n) is 9.30. The monoisotopic (exact) mass is 293 g/mol. The van der Waals surface area contributed by atoms with Gasteiger partial charge in [0.25, 0.3) is 0 Å². The van der Waals surface area contributed by atoms with Crippen molar-refractivity contribution < 1.29 is 9.84 Å². The minimum Gasteiger partial charge on any atom is -0.456 e. The summed E-state index contributed by atoms with van der Waals surface area (Å²) in [5.41, 5.74) is 0.633. The minimum atomic E-state index is -0.559. The number of hydrogen-bond acceptors (Lipinski definition) is 3. The SMILES string of the molecule is CC(O)c1ccc(Oc2ccc(Br)cc2)cn1. The Balaban J connectivity index is 2.11. The molecule has 0 aliphatic heterocycles. The third kappa shape index (κ3) is 3.28. The van der Waals surface area contributed by atoms with Gasteiger partial charge in [-0.25, -0.2) is 0 Å². The number of halogens is 1. The van der Waals surface area contributed by atoms with E-state index >= 15 is 0 Å². The summed E-state index contributed by atoms with van der Waals surface area (Å²) in [6.45, 7) is 1.68. The number of rotatable bonds is 3. The van der Waals surface area contributed by atoms with Gasteiger partial charge in [-0.05, 0) is 43.3 Å². The fourth-order valence-electron chi connectivity index (χ4n) is 1.34. The van der Waals surface area contributed by atoms with Crippen molar-refractivity contribution in [2.24, 2.45) is 0 Å². The Morgan fingerprint density at radius 1 is 1.12 bits per heavy atom. The Hall–Kier alpha value is -1.39. The average molecular weight is 294 g/mol. The predicted octanol–water partition coefficient (Wildman–Crippen LogP) is 3.69. The van der Waals surface area contributed by atoms with Gasteiger partial charge in [-0.1, -0.05) is 15.9 Å². The number of pyridine rings is 1. The van der Waals surface area contributed by atoms with Gasteiger partial charge >= 0.3 is 0 Å². The molecule has 0 saturated heterocycles. The predicted molar refractivity (Wildman–Crippen MR) is 69.1 cm³/mol. The van der Waals surface area contributed by atoms with Gasteiger partial charge in [0, 0.05) is 4.47 Å². The summed E-state index contributed by atoms with van der Waals surface area (Å²) in [5, 5.41) is 9.33. The fourth-order valence-corrected chi connectivity index (χ4v) is 1.60. The van der Waals surface area contributed by atoms with Crippen molar-refractivity contribution in [1.29, 1.82) is 0 Å². The lowest BCUT2D eigenvalue weighted by molar-refractivity contribution is 0.194. The van der Waals surface area contributed by atoms with Crippen molar-refractivity contribution in [2.75, 3.05) is 0 Å². The number of aliphatic hydroxyl groups excluding tert-OH is 1. The van der Waals surface area contributed by atoms with Crippen LogP contribution in [0.2, 0.25) is 0 Å². The summed E-state index contributed by atoms with van der Waals surface area (Å²) in [5.74, 6) is 1.40. The summed E-state index contributed by atoms with van der Waals surface area (Å²) in [7, 11) is 0. The summed E-state index contributed by atoms with van der Waals surface area (Å²) < 4.78 is 6.61. The molecule has 0 amide bonds. The highest BCUT2D eigenvalue weighted by atomic mass is 79.9. The van der Waals surface area contributed by atoms with Crippen molar-refractivity contribution in [3.05, 3.63) is 52.8 Å². The molecule has 17 heavy (non-hydrogen) atoms. The number of hydrogen-bond donors (Lipinski definition) is 1. The topological polar surface area (TPSA) is 42.4 Å². The van der Waals surface area contributed by atoms with Gasteiger partial charge in [-0.3, -0.25) is 4.98 Å². The fraction of sp³-hybridized carbons (Fsp3) is 0.154. The first-order chi connectivity index (χ1) is 8.15. The van der Waals surface area contributed by atoms with Crippen LogP contribution < -0.4 is 4.74 Å². The van der Waals surface area contributed by atoms with E-state index in [2.05, 4.69) is 20.9 Å². The molecule has 3 nitrogen and oxygen atoms in total. The van der Waals surface area contributed by atoms with Crippen LogP contribution in [0, 0.1) is 0 Å². The quantitative estimate of drug-likeness (QED) is 0.938. The number of aromatic nitrogens is 1. The van der Waals surface area contributed by atoms with E-state index in [4.69, 9.17) is 4.74 Å². The normalized spacial score (nSPS) is 12.2. The lowest BCUT2D eigenvalue weighted by atomic mass is 10.2. The number of nitrogens with zero attached hydrogens (tertiary/aromatic N) is 1. The maximum atomic E-state index is 9.33. The van der Waals surface area contributed by atoms with Crippen molar-refractivity contribution in [3.8, 4) is 11.5 Å². The zero-order chi connectivity index (χ0) is 12.3. The van der Waals surface area contributed by atoms with E-state index in [0.29, 0.717) is 11.4 Å². The molecule has 0 saturated carbocycles. The lowest BCUT2D eigenvalue weighted by Crippen LogP contribution is -1.95. The average Bonchev–Trinajstić information content (AvgIpc) is 2.33. The maximum Gasteiger partial charge on any atom is 0.145 e. The smallest absolute Gasteiger partial charge is 0.145 e. The van der Waals surface area contributed by atoms with Crippen molar-refractivity contribution in [2.45, 2.75) is 13.0 Å². The molecular formula is C13H12BrNO2. The highest BCUT2D eigenvalue weighted by Crippen LogP contribution is 2.23. The molecule has 1 aromatic carbocycles. The molecule has 2 aromatic rings. The van der Waals surface area contributed by atoms with Crippen LogP contribution in [0.5, 0.6) is 11.5 Å². The summed E-state index contributed by atoms with van der Waals surface area (Å²) >= 11 is 3.36. The first-order valence-electron chi connectivity index (χ1n) is 5.22. The summed E-state index contributed by atoms with van der Waals surface area (Å²) in [6, 6.07) is 11.1. The van der Waals surface area contributed by atoms with Gasteiger partial charge < -0.3 is 9.84 Å². The van der Waals surface area contributed by atoms with Crippen molar-refractivity contribution >= 4 is 15.9 Å². The van der Waals surface area contributed by atoms with E-state index in [1.165, 1.54) is 0 Å². The zero-order valence-corrected chi connectivity index (χ0v) is 10.9. The van der Waals surface area contributed by atoms with E-state index in [-0.39, 0.29) is 0 Å². The van der Waals surface area contributed by atoms with E-state index in [9.17, 15) is 5.11 Å². The van der Waals surface area contributed by atoms with Crippen LogP contribution in [0.25, 0.3) is 0 Å². The number of benzene rings is 1. The van der Waals surface area contributed by atoms with Gasteiger partial charge in [0.1, 0.15) is 11.5 Å². The Kier molecular flexibility index (Phi) is 3.76. The van der Waals surface area contributed by atoms with Crippen LogP contribution >= 0.6 is 15.9 Å². The molecule has 1 aromatic heterocycles. The van der Waals surface area contributed by atoms with E-state index in [1.54, 1.807) is 25.3 Å². The van der Waals surface area contributed by atoms with Gasteiger partial charge in [-0.15, -0.1) is 0 Å². The van der Waals surface area contributed by atoms with Crippen LogP contribution in [-0.2, 0) is 0 Å². The molecule has 2 rings (SSSR count). The molecule has 1 atom stereocenters. The standard InChI is InChI=1S/C13H12BrNO2/c1-9(16)13-7-6-12(8-15-13)17-11-4-2-10(14)3-5-11/h2-9,16H,1H3. The molecule has 4 heteroatoms. The second-order valence-corrected chi connectivity index (χ2v) is 4.57. The van der Waals surface area contributed by atoms with Gasteiger partial charge in [-0.2, -0.15) is 0 Å². The van der Waals surface area contributed by atoms with Crippen molar-refractivity contribution in [3.63, 3.8) is 0 Å². The number of aliphatic hydroxyl groups is 1. The lowest BCUT2D eigenvalue weighted by Gasteiger charge is -2.07. The van der Waals surface area contributed by atoms with Gasteiger partial charge in [0.15, 0.2) is 0 Å². The van der Waals surface area contributed by atoms with Crippen LogP contribution in [0.15, 0.2) is 47.1 Å².